The van der Waals surface area contributed by atoms with Gasteiger partial charge in [0.25, 0.3) is 5.89 Å². The lowest BCUT2D eigenvalue weighted by atomic mass is 10.2. The van der Waals surface area contributed by atoms with E-state index in [1.54, 1.807) is 24.3 Å². The van der Waals surface area contributed by atoms with Gasteiger partial charge in [0, 0.05) is 20.6 Å². The maximum atomic E-state index is 12.0. The van der Waals surface area contributed by atoms with Crippen molar-refractivity contribution < 1.29 is 13.9 Å². The van der Waals surface area contributed by atoms with Crippen molar-refractivity contribution in [2.75, 3.05) is 0 Å². The van der Waals surface area contributed by atoms with Crippen molar-refractivity contribution in [3.63, 3.8) is 0 Å². The largest absolute Gasteiger partial charge is 0.452 e. The number of aromatic nitrogens is 2. The van der Waals surface area contributed by atoms with E-state index in [0.29, 0.717) is 26.5 Å². The number of hydrogen-bond donors (Lipinski definition) is 0. The minimum atomic E-state index is -0.592. The maximum Gasteiger partial charge on any atom is 0.338 e. The molecular formula is C16H9Cl3N2O3. The molecule has 0 saturated heterocycles. The van der Waals surface area contributed by atoms with Crippen LogP contribution in [0.15, 0.2) is 46.9 Å². The van der Waals surface area contributed by atoms with Gasteiger partial charge in [-0.1, -0.05) is 34.8 Å². The number of carbonyl (C=O) groups excluding carboxylic acids is 1. The highest BCUT2D eigenvalue weighted by molar-refractivity contribution is 6.35. The average molecular weight is 384 g/mol. The standard InChI is InChI=1S/C16H9Cl3N2O3/c17-11-3-1-9(2-4-11)15-21-20-14(24-15)8-23-16(22)10-5-12(18)7-13(19)6-10/h1-7H,8H2. The quantitative estimate of drug-likeness (QED) is 0.590. The van der Waals surface area contributed by atoms with Crippen LogP contribution in [0.5, 0.6) is 0 Å². The van der Waals surface area contributed by atoms with E-state index in [9.17, 15) is 4.79 Å². The summed E-state index contributed by atoms with van der Waals surface area (Å²) in [5.41, 5.74) is 0.955. The molecule has 0 aliphatic heterocycles. The topological polar surface area (TPSA) is 65.2 Å². The third-order valence-electron chi connectivity index (χ3n) is 2.98. The van der Waals surface area contributed by atoms with E-state index in [0.717, 1.165) is 0 Å². The number of hydrogen-bond acceptors (Lipinski definition) is 5. The van der Waals surface area contributed by atoms with Crippen LogP contribution in [0.1, 0.15) is 16.2 Å². The summed E-state index contributed by atoms with van der Waals surface area (Å²) in [6, 6.07) is 11.4. The molecule has 5 nitrogen and oxygen atoms in total. The van der Waals surface area contributed by atoms with Gasteiger partial charge in [-0.3, -0.25) is 0 Å². The van der Waals surface area contributed by atoms with Crippen molar-refractivity contribution in [3.8, 4) is 11.5 Å². The van der Waals surface area contributed by atoms with Crippen molar-refractivity contribution in [1.82, 2.24) is 10.2 Å². The summed E-state index contributed by atoms with van der Waals surface area (Å²) in [4.78, 5) is 12.0. The molecule has 0 atom stereocenters. The fraction of sp³-hybridized carbons (Fsp3) is 0.0625. The summed E-state index contributed by atoms with van der Waals surface area (Å²) < 4.78 is 10.6. The Morgan fingerprint density at radius 1 is 0.958 bits per heavy atom. The van der Waals surface area contributed by atoms with Crippen LogP contribution in [-0.4, -0.2) is 16.2 Å². The molecular weight excluding hydrogens is 375 g/mol. The Labute approximate surface area is 152 Å². The molecule has 0 amide bonds. The van der Waals surface area contributed by atoms with Gasteiger partial charge in [-0.25, -0.2) is 4.79 Å². The Kier molecular flexibility index (Phi) is 5.04. The lowest BCUT2D eigenvalue weighted by Crippen LogP contribution is -2.05. The Morgan fingerprint density at radius 2 is 1.62 bits per heavy atom. The van der Waals surface area contributed by atoms with Gasteiger partial charge < -0.3 is 9.15 Å². The Bertz CT molecular complexity index is 858. The van der Waals surface area contributed by atoms with E-state index >= 15 is 0 Å². The summed E-state index contributed by atoms with van der Waals surface area (Å²) in [6.45, 7) is -0.163. The van der Waals surface area contributed by atoms with E-state index in [2.05, 4.69) is 10.2 Å². The number of carbonyl (C=O) groups is 1. The molecule has 0 aliphatic carbocycles. The summed E-state index contributed by atoms with van der Waals surface area (Å²) in [6.07, 6.45) is 0. The van der Waals surface area contributed by atoms with Gasteiger partial charge in [-0.2, -0.15) is 0 Å². The molecule has 3 aromatic rings. The summed E-state index contributed by atoms with van der Waals surface area (Å²) in [5, 5.41) is 9.03. The van der Waals surface area contributed by atoms with Gasteiger partial charge in [0.2, 0.25) is 5.89 Å². The molecule has 122 valence electrons. The Morgan fingerprint density at radius 3 is 2.29 bits per heavy atom. The van der Waals surface area contributed by atoms with Crippen LogP contribution in [0.25, 0.3) is 11.5 Å². The normalized spacial score (nSPS) is 10.6. The molecule has 0 spiro atoms. The van der Waals surface area contributed by atoms with Crippen LogP contribution in [-0.2, 0) is 11.3 Å². The number of benzene rings is 2. The van der Waals surface area contributed by atoms with Crippen LogP contribution < -0.4 is 0 Å². The first-order valence-electron chi connectivity index (χ1n) is 6.73. The molecule has 1 aromatic heterocycles. The second-order valence-corrected chi connectivity index (χ2v) is 6.05. The van der Waals surface area contributed by atoms with Gasteiger partial charge >= 0.3 is 5.97 Å². The van der Waals surface area contributed by atoms with Crippen LogP contribution >= 0.6 is 34.8 Å². The van der Waals surface area contributed by atoms with Gasteiger partial charge in [0.1, 0.15) is 0 Å². The molecule has 2 aromatic carbocycles. The predicted molar refractivity (Wildman–Crippen MR) is 90.3 cm³/mol. The van der Waals surface area contributed by atoms with E-state index in [-0.39, 0.29) is 18.1 Å². The minimum Gasteiger partial charge on any atom is -0.452 e. The molecule has 8 heteroatoms. The fourth-order valence-corrected chi connectivity index (χ4v) is 2.56. The molecule has 0 fully saturated rings. The maximum absolute atomic E-state index is 12.0. The second-order valence-electron chi connectivity index (χ2n) is 4.74. The van der Waals surface area contributed by atoms with Crippen molar-refractivity contribution >= 4 is 40.8 Å². The van der Waals surface area contributed by atoms with E-state index in [1.165, 1.54) is 18.2 Å². The number of nitrogens with zero attached hydrogens (tertiary/aromatic N) is 2. The highest BCUT2D eigenvalue weighted by Crippen LogP contribution is 2.22. The highest BCUT2D eigenvalue weighted by atomic mass is 35.5. The second kappa shape index (κ2) is 7.21. The van der Waals surface area contributed by atoms with Gasteiger partial charge in [-0.15, -0.1) is 10.2 Å². The third-order valence-corrected chi connectivity index (χ3v) is 3.67. The first-order chi connectivity index (χ1) is 11.5. The molecule has 0 radical (unpaired) electrons. The third kappa shape index (κ3) is 4.06. The Balaban J connectivity index is 1.67. The van der Waals surface area contributed by atoms with E-state index < -0.39 is 5.97 Å². The zero-order chi connectivity index (χ0) is 17.1. The number of esters is 1. The van der Waals surface area contributed by atoms with Crippen LogP contribution in [0.2, 0.25) is 15.1 Å². The first-order valence-corrected chi connectivity index (χ1v) is 7.86. The number of ether oxygens (including phenoxy) is 1. The summed E-state index contributed by atoms with van der Waals surface area (Å²) >= 11 is 17.5. The highest BCUT2D eigenvalue weighted by Gasteiger charge is 2.13. The van der Waals surface area contributed by atoms with Crippen molar-refractivity contribution in [1.29, 1.82) is 0 Å². The molecule has 24 heavy (non-hydrogen) atoms. The van der Waals surface area contributed by atoms with Crippen molar-refractivity contribution in [2.45, 2.75) is 6.61 Å². The van der Waals surface area contributed by atoms with Crippen LogP contribution in [0.4, 0.5) is 0 Å². The first kappa shape index (κ1) is 16.8. The molecule has 3 rings (SSSR count). The molecule has 0 aliphatic rings. The molecule has 0 N–H and O–H groups in total. The SMILES string of the molecule is O=C(OCc1nnc(-c2ccc(Cl)cc2)o1)c1cc(Cl)cc(Cl)c1. The number of halogens is 3. The predicted octanol–water partition coefficient (Wildman–Crippen LogP) is 5.05. The zero-order valence-corrected chi connectivity index (χ0v) is 14.3. The van der Waals surface area contributed by atoms with Gasteiger partial charge in [0.15, 0.2) is 6.61 Å². The summed E-state index contributed by atoms with van der Waals surface area (Å²) in [7, 11) is 0. The monoisotopic (exact) mass is 382 g/mol. The molecule has 0 bridgehead atoms. The van der Waals surface area contributed by atoms with Crippen LogP contribution in [0.3, 0.4) is 0 Å². The van der Waals surface area contributed by atoms with Crippen LogP contribution in [0, 0.1) is 0 Å². The van der Waals surface area contributed by atoms with Gasteiger partial charge in [-0.05, 0) is 42.5 Å². The van der Waals surface area contributed by atoms with E-state index in [4.69, 9.17) is 44.0 Å². The lowest BCUT2D eigenvalue weighted by Gasteiger charge is -2.03. The average Bonchev–Trinajstić information content (AvgIpc) is 3.01. The van der Waals surface area contributed by atoms with E-state index in [1.807, 2.05) is 0 Å². The smallest absolute Gasteiger partial charge is 0.338 e. The van der Waals surface area contributed by atoms with Gasteiger partial charge in [0.05, 0.1) is 5.56 Å². The molecule has 0 saturated carbocycles. The van der Waals surface area contributed by atoms with Crippen molar-refractivity contribution in [2.24, 2.45) is 0 Å². The van der Waals surface area contributed by atoms with Crippen molar-refractivity contribution in [3.05, 3.63) is 69.0 Å². The minimum absolute atomic E-state index is 0.163. The Hall–Kier alpha value is -2.08. The summed E-state index contributed by atoms with van der Waals surface area (Å²) in [5.74, 6) is -0.115. The number of rotatable bonds is 4. The molecule has 0 unspecified atom stereocenters. The fourth-order valence-electron chi connectivity index (χ4n) is 1.90. The zero-order valence-electron chi connectivity index (χ0n) is 12.0. The molecule has 1 heterocycles. The lowest BCUT2D eigenvalue weighted by molar-refractivity contribution is 0.0438.